The molecule has 88 valence electrons. The lowest BCUT2D eigenvalue weighted by molar-refractivity contribution is -0.126. The molecule has 1 unspecified atom stereocenters. The van der Waals surface area contributed by atoms with E-state index in [1.54, 1.807) is 6.92 Å². The molecular weight excluding hydrogens is 215 g/mol. The molecule has 0 aliphatic heterocycles. The molecule has 0 aromatic heterocycles. The molecule has 1 aromatic carbocycles. The Bertz CT molecular complexity index is 384. The fraction of sp³-hybridized carbons (Fsp3) is 0.300. The normalized spacial score (nSPS) is 12.4. The van der Waals surface area contributed by atoms with Crippen molar-refractivity contribution in [2.24, 2.45) is 5.73 Å². The number of phenols is 1. The Morgan fingerprint density at radius 1 is 1.69 bits per heavy atom. The van der Waals surface area contributed by atoms with E-state index in [-0.39, 0.29) is 12.4 Å². The Labute approximate surface area is 92.0 Å². The maximum Gasteiger partial charge on any atom is 0.245 e. The third-order valence-corrected chi connectivity index (χ3v) is 1.93. The van der Waals surface area contributed by atoms with Gasteiger partial charge in [0.15, 0.2) is 0 Å². The van der Waals surface area contributed by atoms with Crippen LogP contribution in [0.4, 0.5) is 4.39 Å². The molecule has 0 saturated carbocycles. The molecule has 6 heteroatoms. The van der Waals surface area contributed by atoms with E-state index < -0.39 is 17.8 Å². The number of carbonyl (C=O) groups is 1. The summed E-state index contributed by atoms with van der Waals surface area (Å²) in [6, 6.07) is 3.11. The minimum Gasteiger partial charge on any atom is -0.508 e. The average Bonchev–Trinajstić information content (AvgIpc) is 2.21. The van der Waals surface area contributed by atoms with Crippen molar-refractivity contribution in [2.45, 2.75) is 13.0 Å². The summed E-state index contributed by atoms with van der Waals surface area (Å²) < 4.78 is 12.9. The molecular formula is C10H13FN2O3. The van der Waals surface area contributed by atoms with E-state index in [1.807, 2.05) is 0 Å². The summed E-state index contributed by atoms with van der Waals surface area (Å²) in [5, 5.41) is 9.46. The molecule has 1 amide bonds. The number of primary amides is 1. The largest absolute Gasteiger partial charge is 0.508 e. The highest BCUT2D eigenvalue weighted by atomic mass is 19.1. The number of benzene rings is 1. The van der Waals surface area contributed by atoms with Crippen LogP contribution in [0.25, 0.3) is 0 Å². The molecule has 4 N–H and O–H groups in total. The predicted octanol–water partition coefficient (Wildman–Crippen LogP) is 0.599. The highest BCUT2D eigenvalue weighted by Crippen LogP contribution is 2.24. The molecule has 1 atom stereocenters. The Morgan fingerprint density at radius 2 is 2.38 bits per heavy atom. The number of nitrogens with two attached hydrogens (primary N) is 1. The van der Waals surface area contributed by atoms with Crippen molar-refractivity contribution in [3.63, 3.8) is 0 Å². The summed E-state index contributed by atoms with van der Waals surface area (Å²) in [6.07, 6.45) is 0. The molecule has 16 heavy (non-hydrogen) atoms. The van der Waals surface area contributed by atoms with Gasteiger partial charge in [-0.05, 0) is 25.1 Å². The minimum atomic E-state index is -0.622. The average molecular weight is 228 g/mol. The first kappa shape index (κ1) is 12.4. The van der Waals surface area contributed by atoms with Crippen molar-refractivity contribution >= 4 is 5.91 Å². The smallest absolute Gasteiger partial charge is 0.245 e. The zero-order valence-corrected chi connectivity index (χ0v) is 8.74. The van der Waals surface area contributed by atoms with Gasteiger partial charge in [-0.15, -0.1) is 0 Å². The second-order valence-electron chi connectivity index (χ2n) is 3.30. The third-order valence-electron chi connectivity index (χ3n) is 1.93. The van der Waals surface area contributed by atoms with Gasteiger partial charge in [0.25, 0.3) is 0 Å². The lowest BCUT2D eigenvalue weighted by Gasteiger charge is -2.14. The fourth-order valence-corrected chi connectivity index (χ4v) is 1.17. The van der Waals surface area contributed by atoms with E-state index in [1.165, 1.54) is 12.1 Å². The van der Waals surface area contributed by atoms with Gasteiger partial charge in [0.1, 0.15) is 18.2 Å². The molecule has 0 radical (unpaired) electrons. The summed E-state index contributed by atoms with van der Waals surface area (Å²) >= 11 is 0. The van der Waals surface area contributed by atoms with Crippen LogP contribution in [-0.4, -0.2) is 17.6 Å². The summed E-state index contributed by atoms with van der Waals surface area (Å²) in [4.78, 5) is 15.1. The molecule has 0 saturated heterocycles. The van der Waals surface area contributed by atoms with Gasteiger partial charge in [0.2, 0.25) is 5.91 Å². The van der Waals surface area contributed by atoms with Crippen LogP contribution in [-0.2, 0) is 9.63 Å². The molecule has 0 bridgehead atoms. The number of amides is 1. The second-order valence-corrected chi connectivity index (χ2v) is 3.30. The molecule has 1 aromatic rings. The van der Waals surface area contributed by atoms with Crippen LogP contribution in [0.15, 0.2) is 18.2 Å². The van der Waals surface area contributed by atoms with Crippen LogP contribution < -0.4 is 11.2 Å². The quantitative estimate of drug-likeness (QED) is 0.644. The van der Waals surface area contributed by atoms with Crippen molar-refractivity contribution in [3.05, 3.63) is 29.6 Å². The molecule has 1 rings (SSSR count). The van der Waals surface area contributed by atoms with Gasteiger partial charge in [0, 0.05) is 5.56 Å². The van der Waals surface area contributed by atoms with Crippen LogP contribution in [0.3, 0.4) is 0 Å². The minimum absolute atomic E-state index is 0.0518. The monoisotopic (exact) mass is 228 g/mol. The Morgan fingerprint density at radius 3 is 3.00 bits per heavy atom. The topological polar surface area (TPSA) is 84.6 Å². The van der Waals surface area contributed by atoms with Crippen LogP contribution in [0, 0.1) is 5.82 Å². The number of carbonyl (C=O) groups excluding carboxylic acids is 1. The van der Waals surface area contributed by atoms with Gasteiger partial charge in [0.05, 0.1) is 6.04 Å². The molecule has 0 fully saturated rings. The number of hydrogen-bond acceptors (Lipinski definition) is 4. The van der Waals surface area contributed by atoms with Crippen LogP contribution in [0.1, 0.15) is 18.5 Å². The standard InChI is InChI=1S/C10H13FN2O3/c1-6(13-16-5-10(12)15)8-4-7(11)2-3-9(8)14/h2-4,6,13-14H,5H2,1H3,(H2,12,15). The number of phenolic OH excluding ortho intramolecular Hbond substituents is 1. The number of halogens is 1. The van der Waals surface area contributed by atoms with E-state index >= 15 is 0 Å². The predicted molar refractivity (Wildman–Crippen MR) is 54.8 cm³/mol. The first-order valence-corrected chi connectivity index (χ1v) is 4.64. The zero-order chi connectivity index (χ0) is 12.1. The Balaban J connectivity index is 2.61. The number of aromatic hydroxyl groups is 1. The van der Waals surface area contributed by atoms with Crippen LogP contribution >= 0.6 is 0 Å². The van der Waals surface area contributed by atoms with Gasteiger partial charge in [-0.2, -0.15) is 5.48 Å². The fourth-order valence-electron chi connectivity index (χ4n) is 1.17. The zero-order valence-electron chi connectivity index (χ0n) is 8.74. The van der Waals surface area contributed by atoms with E-state index in [2.05, 4.69) is 5.48 Å². The van der Waals surface area contributed by atoms with Gasteiger partial charge >= 0.3 is 0 Å². The van der Waals surface area contributed by atoms with Crippen LogP contribution in [0.5, 0.6) is 5.75 Å². The number of rotatable bonds is 5. The highest BCUT2D eigenvalue weighted by molar-refractivity contribution is 5.74. The molecule has 5 nitrogen and oxygen atoms in total. The second kappa shape index (κ2) is 5.43. The van der Waals surface area contributed by atoms with Gasteiger partial charge in [-0.25, -0.2) is 4.39 Å². The van der Waals surface area contributed by atoms with Crippen molar-refractivity contribution in [3.8, 4) is 5.75 Å². The number of hydrogen-bond donors (Lipinski definition) is 3. The SMILES string of the molecule is CC(NOCC(N)=O)c1cc(F)ccc1O. The first-order valence-electron chi connectivity index (χ1n) is 4.64. The Hall–Kier alpha value is -1.66. The van der Waals surface area contributed by atoms with Crippen LogP contribution in [0.2, 0.25) is 0 Å². The Kier molecular flexibility index (Phi) is 4.21. The third kappa shape index (κ3) is 3.48. The van der Waals surface area contributed by atoms with E-state index in [4.69, 9.17) is 10.6 Å². The van der Waals surface area contributed by atoms with Gasteiger partial charge < -0.3 is 10.8 Å². The summed E-state index contributed by atoms with van der Waals surface area (Å²) in [5.74, 6) is -1.14. The summed E-state index contributed by atoms with van der Waals surface area (Å²) in [5.41, 5.74) is 7.67. The van der Waals surface area contributed by atoms with E-state index in [0.717, 1.165) is 6.07 Å². The van der Waals surface area contributed by atoms with Crippen molar-refractivity contribution in [2.75, 3.05) is 6.61 Å². The maximum atomic E-state index is 12.9. The lowest BCUT2D eigenvalue weighted by atomic mass is 10.1. The summed E-state index contributed by atoms with van der Waals surface area (Å²) in [6.45, 7) is 1.36. The lowest BCUT2D eigenvalue weighted by Crippen LogP contribution is -2.26. The number of hydroxylamine groups is 1. The maximum absolute atomic E-state index is 12.9. The van der Waals surface area contributed by atoms with Gasteiger partial charge in [-0.3, -0.25) is 9.63 Å². The van der Waals surface area contributed by atoms with Gasteiger partial charge in [-0.1, -0.05) is 0 Å². The molecule has 0 spiro atoms. The van der Waals surface area contributed by atoms with E-state index in [0.29, 0.717) is 5.56 Å². The molecule has 0 aliphatic rings. The van der Waals surface area contributed by atoms with Crippen molar-refractivity contribution in [1.29, 1.82) is 0 Å². The molecule has 0 aliphatic carbocycles. The molecule has 0 heterocycles. The highest BCUT2D eigenvalue weighted by Gasteiger charge is 2.11. The van der Waals surface area contributed by atoms with Crippen molar-refractivity contribution < 1.29 is 19.1 Å². The first-order chi connectivity index (χ1) is 7.50. The number of nitrogens with one attached hydrogen (secondary N) is 1. The van der Waals surface area contributed by atoms with Crippen molar-refractivity contribution in [1.82, 2.24) is 5.48 Å². The summed E-state index contributed by atoms with van der Waals surface area (Å²) in [7, 11) is 0. The van der Waals surface area contributed by atoms with E-state index in [9.17, 15) is 14.3 Å².